The summed E-state index contributed by atoms with van der Waals surface area (Å²) in [7, 11) is 0. The summed E-state index contributed by atoms with van der Waals surface area (Å²) in [5.41, 5.74) is 1.03. The molecule has 1 rings (SSSR count). The van der Waals surface area contributed by atoms with Crippen LogP contribution in [0.5, 0.6) is 0 Å². The number of halogens is 1. The van der Waals surface area contributed by atoms with Gasteiger partial charge >= 0.3 is 0 Å². The van der Waals surface area contributed by atoms with Crippen molar-refractivity contribution in [3.8, 4) is 0 Å². The largest absolute Gasteiger partial charge is 0.264 e. The molecule has 0 saturated heterocycles. The molecule has 2 heteroatoms. The molecule has 9 heavy (non-hydrogen) atoms. The van der Waals surface area contributed by atoms with Crippen LogP contribution in [0.3, 0.4) is 0 Å². The smallest absolute Gasteiger partial charge is 0.0351 e. The van der Waals surface area contributed by atoms with Gasteiger partial charge in [0.15, 0.2) is 0 Å². The van der Waals surface area contributed by atoms with Crippen molar-refractivity contribution in [3.63, 3.8) is 0 Å². The van der Waals surface area contributed by atoms with Crippen LogP contribution in [0.4, 0.5) is 0 Å². The standard InChI is InChI=1S/C7H6BrN/c1-6(8)7-3-2-4-9-5-7/h2-5H,1H2. The van der Waals surface area contributed by atoms with Gasteiger partial charge in [0, 0.05) is 22.4 Å². The fourth-order valence-electron chi connectivity index (χ4n) is 0.523. The molecule has 0 radical (unpaired) electrons. The molecule has 1 aromatic heterocycles. The third-order valence-corrected chi connectivity index (χ3v) is 1.43. The van der Waals surface area contributed by atoms with Gasteiger partial charge in [-0.05, 0) is 6.07 Å². The SMILES string of the molecule is C=C(Br)c1cccnc1. The van der Waals surface area contributed by atoms with Gasteiger partial charge in [-0.1, -0.05) is 28.6 Å². The fourth-order valence-corrected chi connectivity index (χ4v) is 0.758. The lowest BCUT2D eigenvalue weighted by Crippen LogP contribution is -1.74. The Bertz CT molecular complexity index is 205. The molecule has 1 heterocycles. The van der Waals surface area contributed by atoms with E-state index >= 15 is 0 Å². The van der Waals surface area contributed by atoms with Crippen LogP contribution in [0.25, 0.3) is 4.48 Å². The molecule has 0 aromatic carbocycles. The monoisotopic (exact) mass is 183 g/mol. The van der Waals surface area contributed by atoms with Gasteiger partial charge in [0.05, 0.1) is 0 Å². The highest BCUT2D eigenvalue weighted by Crippen LogP contribution is 2.15. The molecule has 0 atom stereocenters. The highest BCUT2D eigenvalue weighted by molar-refractivity contribution is 9.15. The molecule has 0 aliphatic heterocycles. The van der Waals surface area contributed by atoms with Gasteiger partial charge in [0.1, 0.15) is 0 Å². The van der Waals surface area contributed by atoms with Crippen molar-refractivity contribution < 1.29 is 0 Å². The maximum absolute atomic E-state index is 3.92. The zero-order valence-corrected chi connectivity index (χ0v) is 6.43. The Hall–Kier alpha value is -0.630. The van der Waals surface area contributed by atoms with Gasteiger partial charge in [0.2, 0.25) is 0 Å². The number of rotatable bonds is 1. The molecule has 46 valence electrons. The summed E-state index contributed by atoms with van der Waals surface area (Å²) >= 11 is 3.25. The van der Waals surface area contributed by atoms with Crippen molar-refractivity contribution in [1.82, 2.24) is 4.98 Å². The summed E-state index contributed by atoms with van der Waals surface area (Å²) in [5, 5.41) is 0. The number of aromatic nitrogens is 1. The minimum Gasteiger partial charge on any atom is -0.264 e. The maximum Gasteiger partial charge on any atom is 0.0351 e. The zero-order chi connectivity index (χ0) is 6.69. The molecule has 0 saturated carbocycles. The maximum atomic E-state index is 3.92. The van der Waals surface area contributed by atoms with Crippen LogP contribution in [0.1, 0.15) is 5.56 Å². The first-order valence-corrected chi connectivity index (χ1v) is 3.35. The average molecular weight is 184 g/mol. The van der Waals surface area contributed by atoms with Gasteiger partial charge in [-0.3, -0.25) is 4.98 Å². The summed E-state index contributed by atoms with van der Waals surface area (Å²) in [6, 6.07) is 3.83. The van der Waals surface area contributed by atoms with Gasteiger partial charge < -0.3 is 0 Å². The molecule has 1 aromatic rings. The number of nitrogens with zero attached hydrogens (tertiary/aromatic N) is 1. The first kappa shape index (κ1) is 6.49. The first-order chi connectivity index (χ1) is 4.30. The minimum atomic E-state index is 0.871. The van der Waals surface area contributed by atoms with Crippen molar-refractivity contribution >= 4 is 20.4 Å². The van der Waals surface area contributed by atoms with Crippen molar-refractivity contribution in [3.05, 3.63) is 36.7 Å². The lowest BCUT2D eigenvalue weighted by atomic mass is 10.3. The van der Waals surface area contributed by atoms with E-state index in [-0.39, 0.29) is 0 Å². The number of pyridine rings is 1. The second-order valence-electron chi connectivity index (χ2n) is 1.65. The van der Waals surface area contributed by atoms with Gasteiger partial charge in [-0.2, -0.15) is 0 Å². The summed E-state index contributed by atoms with van der Waals surface area (Å²) < 4.78 is 0.871. The van der Waals surface area contributed by atoms with Gasteiger partial charge in [-0.25, -0.2) is 0 Å². The van der Waals surface area contributed by atoms with E-state index in [2.05, 4.69) is 27.5 Å². The van der Waals surface area contributed by atoms with E-state index in [1.54, 1.807) is 12.4 Å². The van der Waals surface area contributed by atoms with Crippen LogP contribution in [0.15, 0.2) is 31.1 Å². The molecular formula is C7H6BrN. The van der Waals surface area contributed by atoms with Crippen molar-refractivity contribution in [1.29, 1.82) is 0 Å². The summed E-state index contributed by atoms with van der Waals surface area (Å²) in [5.74, 6) is 0. The van der Waals surface area contributed by atoms with Crippen LogP contribution in [0.2, 0.25) is 0 Å². The lowest BCUT2D eigenvalue weighted by Gasteiger charge is -1.92. The summed E-state index contributed by atoms with van der Waals surface area (Å²) in [6.07, 6.45) is 3.50. The third-order valence-electron chi connectivity index (χ3n) is 0.975. The number of hydrogen-bond donors (Lipinski definition) is 0. The normalized spacial score (nSPS) is 9.00. The fraction of sp³-hybridized carbons (Fsp3) is 0. The van der Waals surface area contributed by atoms with E-state index in [4.69, 9.17) is 0 Å². The van der Waals surface area contributed by atoms with Crippen molar-refractivity contribution in [2.45, 2.75) is 0 Å². The van der Waals surface area contributed by atoms with Gasteiger partial charge in [-0.15, -0.1) is 0 Å². The molecule has 0 N–H and O–H groups in total. The predicted octanol–water partition coefficient (Wildman–Crippen LogP) is 2.45. The van der Waals surface area contributed by atoms with Crippen LogP contribution in [0, 0.1) is 0 Å². The molecule has 0 spiro atoms. The van der Waals surface area contributed by atoms with E-state index in [0.29, 0.717) is 0 Å². The Morgan fingerprint density at radius 1 is 1.67 bits per heavy atom. The highest BCUT2D eigenvalue weighted by Gasteiger charge is 1.89. The van der Waals surface area contributed by atoms with E-state index in [1.807, 2.05) is 12.1 Å². The van der Waals surface area contributed by atoms with E-state index < -0.39 is 0 Å². The minimum absolute atomic E-state index is 0.871. The van der Waals surface area contributed by atoms with Crippen LogP contribution in [-0.4, -0.2) is 4.98 Å². The van der Waals surface area contributed by atoms with E-state index in [1.165, 1.54) is 0 Å². The molecule has 1 nitrogen and oxygen atoms in total. The quantitative estimate of drug-likeness (QED) is 0.653. The van der Waals surface area contributed by atoms with Crippen LogP contribution >= 0.6 is 15.9 Å². The second kappa shape index (κ2) is 2.78. The molecule has 0 aliphatic rings. The number of hydrogen-bond acceptors (Lipinski definition) is 1. The highest BCUT2D eigenvalue weighted by atomic mass is 79.9. The van der Waals surface area contributed by atoms with Crippen molar-refractivity contribution in [2.75, 3.05) is 0 Å². The zero-order valence-electron chi connectivity index (χ0n) is 4.84. The molecule has 0 bridgehead atoms. The first-order valence-electron chi connectivity index (χ1n) is 2.55. The average Bonchev–Trinajstić information content (AvgIpc) is 1.90. The Morgan fingerprint density at radius 3 is 2.78 bits per heavy atom. The molecule has 0 unspecified atom stereocenters. The predicted molar refractivity (Wildman–Crippen MR) is 42.2 cm³/mol. The van der Waals surface area contributed by atoms with Gasteiger partial charge in [0.25, 0.3) is 0 Å². The lowest BCUT2D eigenvalue weighted by molar-refractivity contribution is 1.32. The Morgan fingerprint density at radius 2 is 2.44 bits per heavy atom. The van der Waals surface area contributed by atoms with Crippen LogP contribution in [-0.2, 0) is 0 Å². The molecule has 0 amide bonds. The van der Waals surface area contributed by atoms with Crippen LogP contribution < -0.4 is 0 Å². The third kappa shape index (κ3) is 1.64. The Balaban J connectivity index is 2.98. The second-order valence-corrected chi connectivity index (χ2v) is 2.60. The molecule has 0 aliphatic carbocycles. The molecule has 0 fully saturated rings. The Kier molecular flexibility index (Phi) is 2.01. The summed E-state index contributed by atoms with van der Waals surface area (Å²) in [4.78, 5) is 3.92. The summed E-state index contributed by atoms with van der Waals surface area (Å²) in [6.45, 7) is 3.70. The Labute approximate surface area is 62.6 Å². The topological polar surface area (TPSA) is 12.9 Å². The van der Waals surface area contributed by atoms with E-state index in [0.717, 1.165) is 10.0 Å². The molecular weight excluding hydrogens is 178 g/mol. The van der Waals surface area contributed by atoms with Crippen molar-refractivity contribution in [2.24, 2.45) is 0 Å². The van der Waals surface area contributed by atoms with E-state index in [9.17, 15) is 0 Å².